The summed E-state index contributed by atoms with van der Waals surface area (Å²) in [4.78, 5) is 13.2. The molecule has 190 valence electrons. The number of sulfonamides is 1. The summed E-state index contributed by atoms with van der Waals surface area (Å²) in [5.74, 6) is 1.61. The molecule has 0 saturated heterocycles. The molecule has 0 radical (unpaired) electrons. The Labute approximate surface area is 210 Å². The molecule has 1 heterocycles. The molecule has 1 atom stereocenters. The summed E-state index contributed by atoms with van der Waals surface area (Å²) >= 11 is 0. The van der Waals surface area contributed by atoms with Gasteiger partial charge in [-0.15, -0.1) is 0 Å². The average molecular weight is 513 g/mol. The zero-order valence-corrected chi connectivity index (χ0v) is 21.1. The largest absolute Gasteiger partial charge is 0.497 e. The molecule has 4 rings (SSSR count). The molecular weight excluding hydrogens is 484 g/mol. The number of fused-ring (bicyclic) bond motifs is 1. The third-order valence-electron chi connectivity index (χ3n) is 5.73. The Kier molecular flexibility index (Phi) is 7.54. The summed E-state index contributed by atoms with van der Waals surface area (Å²) in [5.41, 5.74) is 1.05. The minimum atomic E-state index is -4.12. The van der Waals surface area contributed by atoms with Crippen molar-refractivity contribution in [3.05, 3.63) is 72.3 Å². The van der Waals surface area contributed by atoms with Gasteiger partial charge >= 0.3 is 0 Å². The van der Waals surface area contributed by atoms with Crippen molar-refractivity contribution in [2.45, 2.75) is 17.9 Å². The number of amides is 1. The Morgan fingerprint density at radius 1 is 0.972 bits per heavy atom. The second kappa shape index (κ2) is 10.8. The lowest BCUT2D eigenvalue weighted by Gasteiger charge is -2.26. The number of benzene rings is 3. The van der Waals surface area contributed by atoms with Crippen molar-refractivity contribution in [3.8, 4) is 23.0 Å². The first-order valence-corrected chi connectivity index (χ1v) is 12.8. The van der Waals surface area contributed by atoms with E-state index < -0.39 is 28.5 Å². The van der Waals surface area contributed by atoms with Gasteiger partial charge in [-0.2, -0.15) is 0 Å². The molecule has 1 N–H and O–H groups in total. The zero-order valence-electron chi connectivity index (χ0n) is 20.3. The van der Waals surface area contributed by atoms with Crippen LogP contribution in [0.15, 0.2) is 71.6 Å². The maximum atomic E-state index is 13.7. The summed E-state index contributed by atoms with van der Waals surface area (Å²) in [5, 5.41) is 2.88. The van der Waals surface area contributed by atoms with Crippen LogP contribution in [0.4, 0.5) is 5.69 Å². The Hall–Kier alpha value is -3.92. The smallest absolute Gasteiger partial charge is 0.264 e. The van der Waals surface area contributed by atoms with E-state index in [2.05, 4.69) is 5.32 Å². The Bertz CT molecular complexity index is 1330. The van der Waals surface area contributed by atoms with E-state index in [-0.39, 0.29) is 10.6 Å². The summed E-state index contributed by atoms with van der Waals surface area (Å²) in [6.45, 7) is 2.30. The highest BCUT2D eigenvalue weighted by molar-refractivity contribution is 7.92. The van der Waals surface area contributed by atoms with Crippen molar-refractivity contribution >= 4 is 21.6 Å². The molecule has 0 unspecified atom stereocenters. The van der Waals surface area contributed by atoms with Crippen molar-refractivity contribution in [3.63, 3.8) is 0 Å². The van der Waals surface area contributed by atoms with E-state index in [9.17, 15) is 13.2 Å². The number of rotatable bonds is 9. The lowest BCUT2D eigenvalue weighted by atomic mass is 10.1. The van der Waals surface area contributed by atoms with Crippen LogP contribution in [0.3, 0.4) is 0 Å². The van der Waals surface area contributed by atoms with Crippen LogP contribution in [0.1, 0.15) is 18.5 Å². The lowest BCUT2D eigenvalue weighted by molar-refractivity contribution is -0.120. The molecule has 1 aliphatic heterocycles. The molecule has 36 heavy (non-hydrogen) atoms. The molecule has 3 aromatic carbocycles. The van der Waals surface area contributed by atoms with Gasteiger partial charge in [-0.05, 0) is 61.0 Å². The SMILES string of the molecule is COc1ccc(S(=O)(=O)N(CC(=O)N[C@H](C)c2ccc3c(c2)OCCO3)c2ccccc2OC)cc1. The maximum absolute atomic E-state index is 13.7. The second-order valence-corrected chi connectivity index (χ2v) is 9.91. The number of ether oxygens (including phenoxy) is 4. The van der Waals surface area contributed by atoms with Crippen LogP contribution in [0, 0.1) is 0 Å². The van der Waals surface area contributed by atoms with E-state index in [1.54, 1.807) is 42.5 Å². The molecule has 3 aromatic rings. The monoisotopic (exact) mass is 512 g/mol. The number of hydrogen-bond acceptors (Lipinski definition) is 7. The summed E-state index contributed by atoms with van der Waals surface area (Å²) < 4.78 is 50.1. The van der Waals surface area contributed by atoms with Gasteiger partial charge in [0.1, 0.15) is 31.3 Å². The molecule has 1 aliphatic rings. The molecule has 0 bridgehead atoms. The van der Waals surface area contributed by atoms with Gasteiger partial charge in [0.05, 0.1) is 30.8 Å². The van der Waals surface area contributed by atoms with Gasteiger partial charge in [-0.1, -0.05) is 18.2 Å². The number of para-hydroxylation sites is 2. The zero-order chi connectivity index (χ0) is 25.7. The highest BCUT2D eigenvalue weighted by atomic mass is 32.2. The molecule has 0 aromatic heterocycles. The van der Waals surface area contributed by atoms with Crippen molar-refractivity contribution in [2.24, 2.45) is 0 Å². The highest BCUT2D eigenvalue weighted by Gasteiger charge is 2.30. The molecule has 0 saturated carbocycles. The fraction of sp³-hybridized carbons (Fsp3) is 0.269. The molecular formula is C26H28N2O7S. The van der Waals surface area contributed by atoms with Crippen LogP contribution in [-0.2, 0) is 14.8 Å². The predicted octanol–water partition coefficient (Wildman–Crippen LogP) is 3.55. The van der Waals surface area contributed by atoms with E-state index in [1.165, 1.54) is 26.4 Å². The van der Waals surface area contributed by atoms with Gasteiger partial charge in [0.25, 0.3) is 10.0 Å². The fourth-order valence-corrected chi connectivity index (χ4v) is 5.27. The van der Waals surface area contributed by atoms with Crippen LogP contribution in [0.5, 0.6) is 23.0 Å². The Balaban J connectivity index is 1.60. The predicted molar refractivity (Wildman–Crippen MR) is 135 cm³/mol. The Morgan fingerprint density at radius 2 is 1.67 bits per heavy atom. The number of anilines is 1. The topological polar surface area (TPSA) is 103 Å². The molecule has 0 aliphatic carbocycles. The molecule has 0 fully saturated rings. The summed E-state index contributed by atoms with van der Waals surface area (Å²) in [6, 6.07) is 17.7. The second-order valence-electron chi connectivity index (χ2n) is 8.05. The van der Waals surface area contributed by atoms with Gasteiger partial charge in [0, 0.05) is 0 Å². The number of hydrogen-bond donors (Lipinski definition) is 1. The molecule has 1 amide bonds. The highest BCUT2D eigenvalue weighted by Crippen LogP contribution is 2.34. The van der Waals surface area contributed by atoms with Crippen LogP contribution >= 0.6 is 0 Å². The van der Waals surface area contributed by atoms with Crippen molar-refractivity contribution in [2.75, 3.05) is 38.3 Å². The number of nitrogens with zero attached hydrogens (tertiary/aromatic N) is 1. The number of nitrogens with one attached hydrogen (secondary N) is 1. The van der Waals surface area contributed by atoms with Gasteiger partial charge in [-0.25, -0.2) is 8.42 Å². The van der Waals surface area contributed by atoms with Crippen molar-refractivity contribution in [1.82, 2.24) is 5.32 Å². The quantitative estimate of drug-likeness (QED) is 0.468. The minimum Gasteiger partial charge on any atom is -0.497 e. The van der Waals surface area contributed by atoms with Crippen LogP contribution < -0.4 is 28.6 Å². The van der Waals surface area contributed by atoms with Crippen molar-refractivity contribution < 1.29 is 32.2 Å². The van der Waals surface area contributed by atoms with E-state index in [1.807, 2.05) is 19.1 Å². The summed E-state index contributed by atoms with van der Waals surface area (Å²) in [7, 11) is -1.18. The fourth-order valence-electron chi connectivity index (χ4n) is 3.84. The van der Waals surface area contributed by atoms with Crippen LogP contribution in [-0.4, -0.2) is 48.3 Å². The van der Waals surface area contributed by atoms with E-state index in [0.717, 1.165) is 9.87 Å². The van der Waals surface area contributed by atoms with Crippen LogP contribution in [0.2, 0.25) is 0 Å². The standard InChI is InChI=1S/C26H28N2O7S/c1-18(19-8-13-24-25(16-19)35-15-14-34-24)27-26(29)17-28(22-6-4-5-7-23(22)33-3)36(30,31)21-11-9-20(32-2)10-12-21/h4-13,16,18H,14-15,17H2,1-3H3,(H,27,29)/t18-/m1/s1. The maximum Gasteiger partial charge on any atom is 0.264 e. The third-order valence-corrected chi connectivity index (χ3v) is 7.51. The van der Waals surface area contributed by atoms with E-state index >= 15 is 0 Å². The molecule has 9 nitrogen and oxygen atoms in total. The third kappa shape index (κ3) is 5.33. The number of carbonyl (C=O) groups excluding carboxylic acids is 1. The van der Waals surface area contributed by atoms with E-state index in [0.29, 0.717) is 36.2 Å². The minimum absolute atomic E-state index is 0.0156. The van der Waals surface area contributed by atoms with Crippen LogP contribution in [0.25, 0.3) is 0 Å². The normalized spacial score (nSPS) is 13.4. The number of methoxy groups -OCH3 is 2. The summed E-state index contributed by atoms with van der Waals surface area (Å²) in [6.07, 6.45) is 0. The molecule has 0 spiro atoms. The lowest BCUT2D eigenvalue weighted by Crippen LogP contribution is -2.41. The van der Waals surface area contributed by atoms with E-state index in [4.69, 9.17) is 18.9 Å². The Morgan fingerprint density at radius 3 is 2.36 bits per heavy atom. The van der Waals surface area contributed by atoms with Gasteiger partial charge in [0.15, 0.2) is 11.5 Å². The first kappa shape index (κ1) is 25.2. The van der Waals surface area contributed by atoms with Gasteiger partial charge < -0.3 is 24.3 Å². The van der Waals surface area contributed by atoms with Crippen molar-refractivity contribution in [1.29, 1.82) is 0 Å². The first-order chi connectivity index (χ1) is 17.3. The van der Waals surface area contributed by atoms with Gasteiger partial charge in [0.2, 0.25) is 5.91 Å². The first-order valence-electron chi connectivity index (χ1n) is 11.3. The van der Waals surface area contributed by atoms with Gasteiger partial charge in [-0.3, -0.25) is 9.10 Å². The average Bonchev–Trinajstić information content (AvgIpc) is 2.91. The number of carbonyl (C=O) groups is 1. The molecule has 10 heteroatoms.